The summed E-state index contributed by atoms with van der Waals surface area (Å²) in [5, 5.41) is 4.35. The van der Waals surface area contributed by atoms with Crippen LogP contribution in [0.2, 0.25) is 0 Å². The van der Waals surface area contributed by atoms with Gasteiger partial charge in [-0.3, -0.25) is 4.98 Å². The highest BCUT2D eigenvalue weighted by molar-refractivity contribution is 6.03. The molecule has 0 aliphatic carbocycles. The van der Waals surface area contributed by atoms with E-state index in [2.05, 4.69) is 155 Å². The lowest BCUT2D eigenvalue weighted by Crippen LogP contribution is -2.10. The van der Waals surface area contributed by atoms with E-state index in [1.54, 1.807) is 37.2 Å². The second kappa shape index (κ2) is 13.3. The van der Waals surface area contributed by atoms with Crippen molar-refractivity contribution in [3.05, 3.63) is 165 Å². The van der Waals surface area contributed by atoms with Gasteiger partial charge in [0.2, 0.25) is 0 Å². The highest BCUT2D eigenvalue weighted by Gasteiger charge is 2.16. The van der Waals surface area contributed by atoms with Gasteiger partial charge in [-0.1, -0.05) is 66.7 Å². The van der Waals surface area contributed by atoms with E-state index < -0.39 is 0 Å². The van der Waals surface area contributed by atoms with E-state index in [0.717, 1.165) is 83.4 Å². The molecular weight excluding hydrogens is 707 g/mol. The van der Waals surface area contributed by atoms with E-state index in [1.165, 1.54) is 0 Å². The monoisotopic (exact) mass is 733 g/mol. The first-order valence-electron chi connectivity index (χ1n) is 18.3. The van der Waals surface area contributed by atoms with Crippen LogP contribution in [0.1, 0.15) is 0 Å². The molecule has 6 aromatic heterocycles. The van der Waals surface area contributed by atoms with Crippen LogP contribution >= 0.6 is 0 Å². The zero-order chi connectivity index (χ0) is 37.7. The molecule has 0 radical (unpaired) electrons. The molecule has 0 fully saturated rings. The van der Waals surface area contributed by atoms with E-state index in [0.29, 0.717) is 22.6 Å². The molecule has 0 bridgehead atoms. The Morgan fingerprint density at radius 2 is 0.825 bits per heavy atom. The molecule has 0 N–H and O–H groups in total. The molecule has 11 nitrogen and oxygen atoms in total. The van der Waals surface area contributed by atoms with Crippen LogP contribution in [0, 0.1) is 0 Å². The van der Waals surface area contributed by atoms with E-state index in [1.807, 2.05) is 12.3 Å². The third-order valence-corrected chi connectivity index (χ3v) is 10.0. The summed E-state index contributed by atoms with van der Waals surface area (Å²) in [5.41, 5.74) is 12.0. The number of nitrogens with zero attached hydrogens (tertiary/aromatic N) is 11. The van der Waals surface area contributed by atoms with Crippen LogP contribution in [0.3, 0.4) is 0 Å². The fourth-order valence-corrected chi connectivity index (χ4v) is 7.22. The van der Waals surface area contributed by atoms with Crippen LogP contribution in [0.15, 0.2) is 165 Å². The molecule has 0 atom stereocenters. The normalized spacial score (nSPS) is 11.5. The number of benzene rings is 5. The maximum absolute atomic E-state index is 5.09. The van der Waals surface area contributed by atoms with E-state index in [-0.39, 0.29) is 0 Å². The molecule has 5 aromatic carbocycles. The SMILES string of the molecule is c1cnc2c(c1)ccc1ccc(-c3ccc4cc(N(c5ccc(-c6cnc7nccnc7n6)cc5)c5ccc(-c6cnc7nccnc7n6)cc5)ccc4c3)nc12. The van der Waals surface area contributed by atoms with Crippen molar-refractivity contribution in [2.24, 2.45) is 0 Å². The highest BCUT2D eigenvalue weighted by atomic mass is 15.1. The molecule has 0 amide bonds. The Morgan fingerprint density at radius 3 is 1.47 bits per heavy atom. The van der Waals surface area contributed by atoms with Crippen molar-refractivity contribution in [1.82, 2.24) is 49.8 Å². The van der Waals surface area contributed by atoms with Crippen LogP contribution in [0.5, 0.6) is 0 Å². The fraction of sp³-hybridized carbons (Fsp3) is 0. The second-order valence-electron chi connectivity index (χ2n) is 13.5. The Bertz CT molecular complexity index is 3190. The first-order valence-corrected chi connectivity index (χ1v) is 18.3. The molecule has 0 saturated heterocycles. The van der Waals surface area contributed by atoms with Crippen molar-refractivity contribution < 1.29 is 0 Å². The van der Waals surface area contributed by atoms with Gasteiger partial charge in [0.1, 0.15) is 0 Å². The van der Waals surface area contributed by atoms with Crippen LogP contribution in [-0.4, -0.2) is 49.8 Å². The van der Waals surface area contributed by atoms with Crippen LogP contribution in [-0.2, 0) is 0 Å². The third-order valence-electron chi connectivity index (χ3n) is 10.0. The molecule has 6 heterocycles. The van der Waals surface area contributed by atoms with Crippen LogP contribution in [0.4, 0.5) is 17.1 Å². The zero-order valence-corrected chi connectivity index (χ0v) is 30.0. The summed E-state index contributed by atoms with van der Waals surface area (Å²) in [6, 6.07) is 42.0. The predicted molar refractivity (Wildman–Crippen MR) is 223 cm³/mol. The molecule has 57 heavy (non-hydrogen) atoms. The summed E-state index contributed by atoms with van der Waals surface area (Å²) < 4.78 is 0. The Morgan fingerprint density at radius 1 is 0.316 bits per heavy atom. The van der Waals surface area contributed by atoms with Gasteiger partial charge in [-0.05, 0) is 65.4 Å². The second-order valence-corrected chi connectivity index (χ2v) is 13.5. The fourth-order valence-electron chi connectivity index (χ4n) is 7.22. The molecule has 266 valence electrons. The number of pyridine rings is 2. The van der Waals surface area contributed by atoms with Gasteiger partial charge >= 0.3 is 0 Å². The standard InChI is InChI=1S/C46H27N11/c1-2-30-3-4-31-12-18-38(54-42(31)41(30)47-19-1)34-6-5-33-25-37(17-11-32(33)24-34)57(35-13-7-28(8-14-35)39-26-52-43-45(55-39)50-22-20-48-43)36-15-9-29(10-16-36)40-27-53-44-46(56-40)51-23-21-49-44/h1-27H. The van der Waals surface area contributed by atoms with Crippen molar-refractivity contribution in [3.8, 4) is 33.8 Å². The van der Waals surface area contributed by atoms with Crippen molar-refractivity contribution in [2.75, 3.05) is 4.90 Å². The lowest BCUT2D eigenvalue weighted by molar-refractivity contribution is 1.16. The van der Waals surface area contributed by atoms with E-state index in [4.69, 9.17) is 15.0 Å². The predicted octanol–water partition coefficient (Wildman–Crippen LogP) is 9.87. The first kappa shape index (κ1) is 32.3. The molecule has 0 saturated carbocycles. The van der Waals surface area contributed by atoms with Crippen molar-refractivity contribution in [2.45, 2.75) is 0 Å². The minimum Gasteiger partial charge on any atom is -0.310 e. The zero-order valence-electron chi connectivity index (χ0n) is 30.0. The average Bonchev–Trinajstić information content (AvgIpc) is 3.29. The summed E-state index contributed by atoms with van der Waals surface area (Å²) in [6.07, 6.45) is 11.8. The summed E-state index contributed by atoms with van der Waals surface area (Å²) in [4.78, 5) is 47.5. The van der Waals surface area contributed by atoms with Gasteiger partial charge in [0.05, 0.1) is 40.5 Å². The highest BCUT2D eigenvalue weighted by Crippen LogP contribution is 2.38. The van der Waals surface area contributed by atoms with Gasteiger partial charge in [-0.15, -0.1) is 0 Å². The smallest absolute Gasteiger partial charge is 0.198 e. The van der Waals surface area contributed by atoms with Crippen molar-refractivity contribution in [3.63, 3.8) is 0 Å². The summed E-state index contributed by atoms with van der Waals surface area (Å²) in [7, 11) is 0. The van der Waals surface area contributed by atoms with Gasteiger partial charge < -0.3 is 4.90 Å². The molecule has 0 spiro atoms. The maximum Gasteiger partial charge on any atom is 0.198 e. The summed E-state index contributed by atoms with van der Waals surface area (Å²) >= 11 is 0. The van der Waals surface area contributed by atoms with Gasteiger partial charge in [0, 0.05) is 75.5 Å². The molecule has 0 unspecified atom stereocenters. The van der Waals surface area contributed by atoms with Gasteiger partial charge in [0.25, 0.3) is 0 Å². The summed E-state index contributed by atoms with van der Waals surface area (Å²) in [5.74, 6) is 0. The van der Waals surface area contributed by atoms with Gasteiger partial charge in [-0.2, -0.15) is 0 Å². The molecule has 0 aliphatic heterocycles. The number of anilines is 3. The molecule has 11 rings (SSSR count). The average molecular weight is 734 g/mol. The Labute approximate surface area is 324 Å². The number of hydrogen-bond acceptors (Lipinski definition) is 11. The number of rotatable bonds is 6. The third kappa shape index (κ3) is 5.87. The Balaban J connectivity index is 0.976. The minimum absolute atomic E-state index is 0.505. The molecular formula is C46H27N11. The van der Waals surface area contributed by atoms with Crippen molar-refractivity contribution in [1.29, 1.82) is 0 Å². The number of hydrogen-bond donors (Lipinski definition) is 0. The Hall–Kier alpha value is -8.18. The largest absolute Gasteiger partial charge is 0.310 e. The quantitative estimate of drug-likeness (QED) is 0.151. The van der Waals surface area contributed by atoms with Crippen LogP contribution < -0.4 is 4.90 Å². The van der Waals surface area contributed by atoms with Crippen molar-refractivity contribution >= 4 is 72.2 Å². The lowest BCUT2D eigenvalue weighted by Gasteiger charge is -2.26. The maximum atomic E-state index is 5.09. The number of aromatic nitrogens is 10. The Kier molecular flexibility index (Phi) is 7.52. The minimum atomic E-state index is 0.505. The van der Waals surface area contributed by atoms with E-state index in [9.17, 15) is 0 Å². The molecule has 11 heteroatoms. The molecule has 0 aliphatic rings. The first-order chi connectivity index (χ1) is 28.2. The van der Waals surface area contributed by atoms with Gasteiger partial charge in [0.15, 0.2) is 22.6 Å². The van der Waals surface area contributed by atoms with Crippen LogP contribution in [0.25, 0.3) is 88.9 Å². The lowest BCUT2D eigenvalue weighted by atomic mass is 10.0. The van der Waals surface area contributed by atoms with E-state index >= 15 is 0 Å². The topological polar surface area (TPSA) is 132 Å². The summed E-state index contributed by atoms with van der Waals surface area (Å²) in [6.45, 7) is 0. The van der Waals surface area contributed by atoms with Gasteiger partial charge in [-0.25, -0.2) is 44.9 Å². The number of fused-ring (bicyclic) bond motifs is 6. The molecule has 11 aromatic rings.